The molecule has 7 rings (SSSR count). The van der Waals surface area contributed by atoms with E-state index in [4.69, 9.17) is 15.2 Å². The maximum absolute atomic E-state index is 14.6. The molecule has 3 fully saturated rings. The van der Waals surface area contributed by atoms with Crippen LogP contribution in [-0.4, -0.2) is 58.7 Å². The highest BCUT2D eigenvalue weighted by Crippen LogP contribution is 2.47. The van der Waals surface area contributed by atoms with E-state index in [1.807, 2.05) is 91.1 Å². The highest BCUT2D eigenvalue weighted by atomic mass is 16.6. The van der Waals surface area contributed by atoms with Gasteiger partial charge in [0.2, 0.25) is 0 Å². The lowest BCUT2D eigenvalue weighted by atomic mass is 9.85. The zero-order valence-electron chi connectivity index (χ0n) is 24.5. The van der Waals surface area contributed by atoms with Gasteiger partial charge in [0.1, 0.15) is 12.1 Å². The van der Waals surface area contributed by atoms with E-state index in [0.717, 1.165) is 29.3 Å². The molecule has 4 aromatic rings. The number of H-pyrrole nitrogens is 1. The highest BCUT2D eigenvalue weighted by molar-refractivity contribution is 5.90. The first-order valence-electron chi connectivity index (χ1n) is 15.7. The minimum absolute atomic E-state index is 0.209. The minimum atomic E-state index is -1.78. The third kappa shape index (κ3) is 4.85. The zero-order chi connectivity index (χ0) is 29.4. The van der Waals surface area contributed by atoms with Crippen LogP contribution in [-0.2, 0) is 31.1 Å². The number of carbonyl (C=O) groups is 2. The molecule has 7 heteroatoms. The van der Waals surface area contributed by atoms with Crippen molar-refractivity contribution in [1.82, 2.24) is 4.98 Å². The van der Waals surface area contributed by atoms with Gasteiger partial charge in [0.15, 0.2) is 0 Å². The summed E-state index contributed by atoms with van der Waals surface area (Å²) in [5.74, 6) is -1.21. The summed E-state index contributed by atoms with van der Waals surface area (Å²) in [5.41, 5.74) is 7.71. The average molecular weight is 579 g/mol. The summed E-state index contributed by atoms with van der Waals surface area (Å²) in [7, 11) is 0. The molecule has 2 unspecified atom stereocenters. The molecule has 3 atom stereocenters. The Kier molecular flexibility index (Phi) is 7.31. The number of nitrogens with two attached hydrogens (primary N) is 1. The van der Waals surface area contributed by atoms with E-state index in [9.17, 15) is 9.59 Å². The van der Waals surface area contributed by atoms with Gasteiger partial charge in [-0.1, -0.05) is 78.9 Å². The van der Waals surface area contributed by atoms with Gasteiger partial charge in [0.05, 0.1) is 25.2 Å². The molecule has 1 spiro atoms. The molecule has 1 aromatic heterocycles. The van der Waals surface area contributed by atoms with Crippen LogP contribution in [0.4, 0.5) is 0 Å². The Bertz CT molecular complexity index is 1540. The van der Waals surface area contributed by atoms with Crippen molar-refractivity contribution in [3.8, 4) is 0 Å². The molecule has 0 amide bonds. The number of nitrogens with zero attached hydrogens (tertiary/aromatic N) is 1. The number of para-hydroxylation sites is 1. The largest absolute Gasteiger partial charge is 0.458 e. The molecular weight excluding hydrogens is 538 g/mol. The summed E-state index contributed by atoms with van der Waals surface area (Å²) in [4.78, 5) is 31.7. The number of nitrogens with one attached hydrogen (secondary N) is 1. The summed E-state index contributed by atoms with van der Waals surface area (Å²) in [6.07, 6.45) is 8.61. The number of piperidine rings is 1. The summed E-state index contributed by atoms with van der Waals surface area (Å²) in [6, 6.07) is 26.4. The van der Waals surface area contributed by atoms with Gasteiger partial charge >= 0.3 is 11.9 Å². The van der Waals surface area contributed by atoms with Gasteiger partial charge in [-0.05, 0) is 11.6 Å². The van der Waals surface area contributed by atoms with Gasteiger partial charge in [-0.15, -0.1) is 0 Å². The van der Waals surface area contributed by atoms with Crippen molar-refractivity contribution in [2.45, 2.75) is 74.8 Å². The van der Waals surface area contributed by atoms with Crippen molar-refractivity contribution in [2.75, 3.05) is 13.1 Å². The Balaban J connectivity index is 1.20. The van der Waals surface area contributed by atoms with Crippen LogP contribution >= 0.6 is 0 Å². The number of aromatic nitrogens is 1. The SMILES string of the molecule is N[C@@H](Cc1c[nH]c2ccccc12)C(=O)OC(C(=O)OC1CC2CCC(C1)[N+]21CCCC1)(c1ccccc1)c1ccccc1. The lowest BCUT2D eigenvalue weighted by Gasteiger charge is -2.47. The van der Waals surface area contributed by atoms with Crippen LogP contribution in [0.3, 0.4) is 0 Å². The van der Waals surface area contributed by atoms with Gasteiger partial charge in [-0.25, -0.2) is 4.79 Å². The highest BCUT2D eigenvalue weighted by Gasteiger charge is 2.57. The number of esters is 2. The Morgan fingerprint density at radius 2 is 1.44 bits per heavy atom. The lowest BCUT2D eigenvalue weighted by molar-refractivity contribution is -0.956. The number of benzene rings is 3. The third-order valence-electron chi connectivity index (χ3n) is 10.3. The molecule has 0 aliphatic carbocycles. The van der Waals surface area contributed by atoms with E-state index >= 15 is 0 Å². The van der Waals surface area contributed by atoms with E-state index in [1.54, 1.807) is 0 Å². The van der Waals surface area contributed by atoms with E-state index in [-0.39, 0.29) is 12.5 Å². The van der Waals surface area contributed by atoms with E-state index < -0.39 is 23.6 Å². The number of hydrogen-bond donors (Lipinski definition) is 2. The quantitative estimate of drug-likeness (QED) is 0.217. The number of hydrogen-bond acceptors (Lipinski definition) is 5. The molecule has 4 heterocycles. The Morgan fingerprint density at radius 1 is 0.860 bits per heavy atom. The van der Waals surface area contributed by atoms with E-state index in [1.165, 1.54) is 43.3 Å². The van der Waals surface area contributed by atoms with Gasteiger partial charge < -0.3 is 24.7 Å². The zero-order valence-corrected chi connectivity index (χ0v) is 24.5. The van der Waals surface area contributed by atoms with Crippen molar-refractivity contribution in [1.29, 1.82) is 0 Å². The van der Waals surface area contributed by atoms with Gasteiger partial charge in [-0.2, -0.15) is 0 Å². The fourth-order valence-electron chi connectivity index (χ4n) is 8.30. The van der Waals surface area contributed by atoms with E-state index in [0.29, 0.717) is 23.2 Å². The second-order valence-corrected chi connectivity index (χ2v) is 12.6. The summed E-state index contributed by atoms with van der Waals surface area (Å²) < 4.78 is 14.0. The van der Waals surface area contributed by atoms with Gasteiger partial charge in [0.25, 0.3) is 5.60 Å². The molecule has 3 aliphatic heterocycles. The van der Waals surface area contributed by atoms with Gasteiger partial charge in [-0.3, -0.25) is 4.79 Å². The standard InChI is InChI=1S/C36H40N3O4/c37-32(21-25-24-38-33-16-8-7-15-31(25)33)34(40)43-36(26-11-3-1-4-12-26,27-13-5-2-6-14-27)35(41)42-30-22-28-17-18-29(23-30)39(28)19-9-10-20-39/h1-8,11-16,24,28-30,32,38H,9-10,17-23,37H2/q+1/t28?,29?,30?,32-/m0/s1. The van der Waals surface area contributed by atoms with E-state index in [2.05, 4.69) is 4.98 Å². The smallest absolute Gasteiger partial charge is 0.360 e. The number of carbonyl (C=O) groups excluding carboxylic acids is 2. The number of ether oxygens (including phenoxy) is 2. The normalized spacial score (nSPS) is 23.3. The van der Waals surface area contributed by atoms with Crippen molar-refractivity contribution >= 4 is 22.8 Å². The average Bonchev–Trinajstić information content (AvgIpc) is 3.73. The molecule has 2 bridgehead atoms. The predicted molar refractivity (Wildman–Crippen MR) is 165 cm³/mol. The van der Waals surface area contributed by atoms with Crippen molar-refractivity contribution < 1.29 is 23.5 Å². The fourth-order valence-corrected chi connectivity index (χ4v) is 8.30. The van der Waals surface area contributed by atoms with Crippen LogP contribution < -0.4 is 5.73 Å². The number of rotatable bonds is 8. The predicted octanol–water partition coefficient (Wildman–Crippen LogP) is 5.37. The second-order valence-electron chi connectivity index (χ2n) is 12.6. The van der Waals surface area contributed by atoms with Crippen molar-refractivity contribution in [3.63, 3.8) is 0 Å². The van der Waals surface area contributed by atoms with Crippen LogP contribution in [0.25, 0.3) is 10.9 Å². The first kappa shape index (κ1) is 27.9. The van der Waals surface area contributed by atoms with Crippen LogP contribution in [0.15, 0.2) is 91.1 Å². The summed E-state index contributed by atoms with van der Waals surface area (Å²) >= 11 is 0. The Hall–Kier alpha value is -3.94. The lowest BCUT2D eigenvalue weighted by Crippen LogP contribution is -2.60. The first-order valence-corrected chi connectivity index (χ1v) is 15.7. The third-order valence-corrected chi connectivity index (χ3v) is 10.3. The van der Waals surface area contributed by atoms with Crippen LogP contribution in [0.1, 0.15) is 55.2 Å². The number of quaternary nitrogens is 1. The Labute approximate surface area is 252 Å². The van der Waals surface area contributed by atoms with Crippen molar-refractivity contribution in [3.05, 3.63) is 108 Å². The second kappa shape index (κ2) is 11.3. The minimum Gasteiger partial charge on any atom is -0.458 e. The molecule has 43 heavy (non-hydrogen) atoms. The summed E-state index contributed by atoms with van der Waals surface area (Å²) in [6.45, 7) is 2.50. The fraction of sp³-hybridized carbons (Fsp3) is 0.389. The van der Waals surface area contributed by atoms with Crippen LogP contribution in [0.2, 0.25) is 0 Å². The Morgan fingerprint density at radius 3 is 2.07 bits per heavy atom. The molecule has 3 aromatic carbocycles. The molecule has 0 saturated carbocycles. The molecule has 0 radical (unpaired) electrons. The topological polar surface area (TPSA) is 94.4 Å². The molecule has 3 saturated heterocycles. The van der Waals surface area contributed by atoms with Crippen LogP contribution in [0, 0.1) is 0 Å². The number of aromatic amines is 1. The maximum Gasteiger partial charge on any atom is 0.360 e. The maximum atomic E-state index is 14.6. The first-order chi connectivity index (χ1) is 21.0. The monoisotopic (exact) mass is 578 g/mol. The van der Waals surface area contributed by atoms with Crippen LogP contribution in [0.5, 0.6) is 0 Å². The molecule has 3 aliphatic rings. The molecule has 7 nitrogen and oxygen atoms in total. The van der Waals surface area contributed by atoms with Crippen molar-refractivity contribution in [2.24, 2.45) is 5.73 Å². The van der Waals surface area contributed by atoms with Gasteiger partial charge in [0, 0.05) is 73.2 Å². The molecular formula is C36H40N3O4+. The number of fused-ring (bicyclic) bond motifs is 1. The molecule has 3 N–H and O–H groups in total. The summed E-state index contributed by atoms with van der Waals surface area (Å²) in [5, 5.41) is 1.01. The molecule has 222 valence electrons.